The lowest BCUT2D eigenvalue weighted by atomic mass is 9.93. The van der Waals surface area contributed by atoms with Crippen molar-refractivity contribution in [2.24, 2.45) is 0 Å². The van der Waals surface area contributed by atoms with E-state index in [1.165, 1.54) is 30.8 Å². The fourth-order valence-electron chi connectivity index (χ4n) is 5.74. The molecule has 2 atom stereocenters. The summed E-state index contributed by atoms with van der Waals surface area (Å²) in [5.41, 5.74) is 1.11. The minimum atomic E-state index is -1.11. The van der Waals surface area contributed by atoms with Crippen molar-refractivity contribution in [3.8, 4) is 0 Å². The van der Waals surface area contributed by atoms with Crippen molar-refractivity contribution in [1.82, 2.24) is 9.80 Å². The van der Waals surface area contributed by atoms with Crippen LogP contribution >= 0.6 is 0 Å². The van der Waals surface area contributed by atoms with Gasteiger partial charge < -0.3 is 20.6 Å². The molecule has 1 saturated carbocycles. The highest BCUT2D eigenvalue weighted by Crippen LogP contribution is 2.45. The number of hydrogen-bond acceptors (Lipinski definition) is 5. The second kappa shape index (κ2) is 10.8. The summed E-state index contributed by atoms with van der Waals surface area (Å²) in [5, 5.41) is 14.8. The molecule has 2 aromatic rings. The standard InChI is InChI=1S/C29H34N4O5/c1-29(2,3)33(16-17-34)25-15-8-7-14-24(25)32(22-12-5-4-6-13-22)19-23(26(33)35)31-28(38)30-21-11-9-10-20(18-21)27(36)37/h7-11,14-16,18,22-23H,4-6,12-13,19H2,1-3H3,(H2-,30,31,36,37,38)/p+1/t23?,33-/m1/s1. The van der Waals surface area contributed by atoms with Crippen molar-refractivity contribution in [2.45, 2.75) is 70.5 Å². The minimum absolute atomic E-state index is 0.0341. The van der Waals surface area contributed by atoms with Crippen molar-refractivity contribution >= 4 is 40.9 Å². The fourth-order valence-corrected chi connectivity index (χ4v) is 5.74. The topological polar surface area (TPSA) is 116 Å². The van der Waals surface area contributed by atoms with Crippen LogP contribution in [0.1, 0.15) is 63.2 Å². The number of carbonyl (C=O) groups excluding carboxylic acids is 3. The number of para-hydroxylation sites is 2. The van der Waals surface area contributed by atoms with Crippen LogP contribution in [0.3, 0.4) is 0 Å². The van der Waals surface area contributed by atoms with Crippen LogP contribution in [0.25, 0.3) is 0 Å². The van der Waals surface area contributed by atoms with E-state index in [9.17, 15) is 24.3 Å². The maximum atomic E-state index is 14.4. The van der Waals surface area contributed by atoms with Crippen molar-refractivity contribution in [3.05, 3.63) is 60.3 Å². The maximum Gasteiger partial charge on any atom is 0.348 e. The highest BCUT2D eigenvalue weighted by molar-refractivity contribution is 6.03. The number of quaternary nitrogens is 1. The molecular weight excluding hydrogens is 484 g/mol. The fraction of sp³-hybridized carbons (Fsp3) is 0.414. The second-order valence-corrected chi connectivity index (χ2v) is 10.9. The monoisotopic (exact) mass is 519 g/mol. The number of anilines is 2. The minimum Gasteiger partial charge on any atom is -0.478 e. The first-order chi connectivity index (χ1) is 18.1. The third kappa shape index (κ3) is 5.08. The zero-order valence-corrected chi connectivity index (χ0v) is 22.1. The van der Waals surface area contributed by atoms with E-state index in [1.54, 1.807) is 6.07 Å². The van der Waals surface area contributed by atoms with E-state index in [0.29, 0.717) is 11.4 Å². The Hall–Kier alpha value is -3.94. The molecule has 1 aliphatic heterocycles. The highest BCUT2D eigenvalue weighted by Gasteiger charge is 2.55. The number of carboxylic acid groups (broad SMARTS) is 1. The number of aromatic carboxylic acids is 1. The lowest BCUT2D eigenvalue weighted by Crippen LogP contribution is -2.67. The third-order valence-electron chi connectivity index (χ3n) is 7.59. The molecule has 0 saturated heterocycles. The van der Waals surface area contributed by atoms with Gasteiger partial charge in [-0.3, -0.25) is 0 Å². The van der Waals surface area contributed by atoms with Gasteiger partial charge in [0.2, 0.25) is 0 Å². The molecule has 1 aliphatic carbocycles. The van der Waals surface area contributed by atoms with Crippen LogP contribution in [-0.2, 0) is 9.59 Å². The van der Waals surface area contributed by atoms with Gasteiger partial charge in [0.1, 0.15) is 5.54 Å². The molecule has 3 amide bonds. The summed E-state index contributed by atoms with van der Waals surface area (Å²) in [4.78, 5) is 53.1. The number of rotatable bonds is 5. The lowest BCUT2D eigenvalue weighted by molar-refractivity contribution is -0.133. The molecule has 1 heterocycles. The van der Waals surface area contributed by atoms with E-state index in [-0.39, 0.29) is 24.1 Å². The van der Waals surface area contributed by atoms with Gasteiger partial charge in [0.25, 0.3) is 0 Å². The average molecular weight is 520 g/mol. The smallest absolute Gasteiger partial charge is 0.348 e. The van der Waals surface area contributed by atoms with Crippen LogP contribution in [0.5, 0.6) is 0 Å². The Kier molecular flexibility index (Phi) is 7.71. The van der Waals surface area contributed by atoms with Crippen molar-refractivity contribution in [3.63, 3.8) is 0 Å². The Morgan fingerprint density at radius 3 is 2.45 bits per heavy atom. The molecule has 2 aromatic carbocycles. The van der Waals surface area contributed by atoms with Crippen molar-refractivity contribution in [1.29, 1.82) is 0 Å². The largest absolute Gasteiger partial charge is 0.478 e. The molecule has 4 rings (SSSR count). The van der Waals surface area contributed by atoms with Gasteiger partial charge >= 0.3 is 17.9 Å². The van der Waals surface area contributed by atoms with E-state index >= 15 is 0 Å². The van der Waals surface area contributed by atoms with Crippen LogP contribution in [-0.4, -0.2) is 53.1 Å². The highest BCUT2D eigenvalue weighted by atomic mass is 16.4. The first-order valence-corrected chi connectivity index (χ1v) is 13.0. The van der Waals surface area contributed by atoms with Gasteiger partial charge in [-0.15, -0.1) is 0 Å². The molecule has 0 bridgehead atoms. The zero-order valence-electron chi connectivity index (χ0n) is 22.1. The van der Waals surface area contributed by atoms with Crippen molar-refractivity contribution in [2.75, 3.05) is 16.8 Å². The van der Waals surface area contributed by atoms with Crippen LogP contribution in [0.15, 0.2) is 54.7 Å². The molecule has 1 fully saturated rings. The first kappa shape index (κ1) is 27.1. The Balaban J connectivity index is 1.77. The number of carbonyl (C=O) groups is 3. The van der Waals surface area contributed by atoms with E-state index < -0.39 is 28.1 Å². The van der Waals surface area contributed by atoms with Gasteiger partial charge in [0.05, 0.1) is 17.8 Å². The average Bonchev–Trinajstić information content (AvgIpc) is 2.99. The summed E-state index contributed by atoms with van der Waals surface area (Å²) in [6.07, 6.45) is 6.55. The van der Waals surface area contributed by atoms with E-state index in [0.717, 1.165) is 31.4 Å². The zero-order chi connectivity index (χ0) is 27.5. The van der Waals surface area contributed by atoms with E-state index in [2.05, 4.69) is 15.5 Å². The number of nitrogens with zero attached hydrogens (tertiary/aromatic N) is 2. The van der Waals surface area contributed by atoms with E-state index in [1.807, 2.05) is 51.0 Å². The Labute approximate surface area is 222 Å². The first-order valence-electron chi connectivity index (χ1n) is 13.0. The summed E-state index contributed by atoms with van der Waals surface area (Å²) >= 11 is 0. The van der Waals surface area contributed by atoms with E-state index in [4.69, 9.17) is 0 Å². The second-order valence-electron chi connectivity index (χ2n) is 10.9. The van der Waals surface area contributed by atoms with Crippen LogP contribution in [0.2, 0.25) is 0 Å². The molecular formula is C29H35N4O5+. The Bertz CT molecular complexity index is 1270. The van der Waals surface area contributed by atoms with Gasteiger partial charge in [0.15, 0.2) is 23.9 Å². The Morgan fingerprint density at radius 1 is 1.08 bits per heavy atom. The van der Waals surface area contributed by atoms with Gasteiger partial charge in [0, 0.05) is 17.8 Å². The van der Waals surface area contributed by atoms with Gasteiger partial charge in [-0.05, 0) is 57.9 Å². The molecule has 3 N–H and O–H groups in total. The molecule has 200 valence electrons. The van der Waals surface area contributed by atoms with Crippen molar-refractivity contribution < 1.29 is 24.3 Å². The number of hydrogen-bond donors (Lipinski definition) is 3. The maximum absolute atomic E-state index is 14.4. The summed E-state index contributed by atoms with van der Waals surface area (Å²) in [7, 11) is 0. The molecule has 38 heavy (non-hydrogen) atoms. The molecule has 9 nitrogen and oxygen atoms in total. The third-order valence-corrected chi connectivity index (χ3v) is 7.59. The number of amides is 3. The molecule has 0 spiro atoms. The number of fused-ring (bicyclic) bond motifs is 1. The molecule has 2 aliphatic rings. The summed E-state index contributed by atoms with van der Waals surface area (Å²) in [6, 6.07) is 12.1. The van der Waals surface area contributed by atoms with Gasteiger partial charge in [-0.1, -0.05) is 37.5 Å². The number of urea groups is 1. The van der Waals surface area contributed by atoms with Crippen LogP contribution in [0, 0.1) is 0 Å². The molecule has 0 radical (unpaired) electrons. The number of benzene rings is 2. The van der Waals surface area contributed by atoms with Crippen LogP contribution in [0.4, 0.5) is 21.9 Å². The summed E-state index contributed by atoms with van der Waals surface area (Å²) < 4.78 is -0.407. The van der Waals surface area contributed by atoms with Gasteiger partial charge in [-0.2, -0.15) is 4.48 Å². The van der Waals surface area contributed by atoms with Gasteiger partial charge in [-0.25, -0.2) is 19.2 Å². The SMILES string of the molecule is CC(C)(C)[N@@+]1(C=C=O)C(=O)C(NC(=O)Nc2cccc(C(=O)O)c2)CN(C2CCCCC2)c2ccccc21. The number of nitrogens with one attached hydrogen (secondary N) is 2. The molecule has 1 unspecified atom stereocenters. The van der Waals surface area contributed by atoms with Crippen LogP contribution < -0.4 is 20.0 Å². The predicted molar refractivity (Wildman–Crippen MR) is 147 cm³/mol. The predicted octanol–water partition coefficient (Wildman–Crippen LogP) is 4.71. The summed E-state index contributed by atoms with van der Waals surface area (Å²) in [5.74, 6) is 0.427. The molecule has 9 heteroatoms. The normalized spacial score (nSPS) is 22.0. The molecule has 0 aromatic heterocycles. The quantitative estimate of drug-likeness (QED) is 0.389. The lowest BCUT2D eigenvalue weighted by Gasteiger charge is -2.42. The Morgan fingerprint density at radius 2 is 1.79 bits per heavy atom. The number of carboxylic acids is 1. The summed E-state index contributed by atoms with van der Waals surface area (Å²) in [6.45, 7) is 5.91.